The third-order valence-electron chi connectivity index (χ3n) is 16.6. The molecule has 86 heavy (non-hydrogen) atoms. The lowest BCUT2D eigenvalue weighted by atomic mass is 9.80. The molecule has 19 heteroatoms. The first-order valence-electron chi connectivity index (χ1n) is 30.5. The van der Waals surface area contributed by atoms with Gasteiger partial charge in [-0.25, -0.2) is 24.1 Å². The highest BCUT2D eigenvalue weighted by Crippen LogP contribution is 2.45. The fourth-order valence-corrected chi connectivity index (χ4v) is 11.9. The van der Waals surface area contributed by atoms with Crippen LogP contribution in [0, 0.1) is 12.3 Å². The minimum atomic E-state index is -1.91. The summed E-state index contributed by atoms with van der Waals surface area (Å²) in [5, 5.41) is 2.86. The van der Waals surface area contributed by atoms with Gasteiger partial charge in [-0.05, 0) is 59.5 Å². The van der Waals surface area contributed by atoms with E-state index in [1.54, 1.807) is 61.4 Å². The number of imidazole rings is 1. The Hall–Kier alpha value is -7.58. The third kappa shape index (κ3) is 15.5. The molecule has 2 amide bonds. The van der Waals surface area contributed by atoms with Crippen LogP contribution in [0.4, 0.5) is 10.2 Å². The smallest absolute Gasteiger partial charge is 0.330 e. The van der Waals surface area contributed by atoms with E-state index in [-0.39, 0.29) is 37.2 Å². The number of hydrogen-bond donors (Lipinski definition) is 2. The fraction of sp³-hybridized carbons (Fsp3) is 0.463. The molecule has 1 radical (unpaired) electrons. The number of ether oxygens (including phenoxy) is 6. The summed E-state index contributed by atoms with van der Waals surface area (Å²) in [6.07, 6.45) is 16.9. The summed E-state index contributed by atoms with van der Waals surface area (Å²) in [4.78, 5) is 71.7. The van der Waals surface area contributed by atoms with E-state index in [4.69, 9.17) is 28.4 Å². The number of aromatic amines is 1. The van der Waals surface area contributed by atoms with Crippen molar-refractivity contribution in [3.8, 4) is 11.5 Å². The highest BCUT2D eigenvalue weighted by molar-refractivity contribution is 6.06. The number of rotatable bonds is 33. The Morgan fingerprint density at radius 3 is 1.85 bits per heavy atom. The van der Waals surface area contributed by atoms with Crippen molar-refractivity contribution in [2.45, 2.75) is 152 Å². The maximum Gasteiger partial charge on any atom is 0.330 e. The molecule has 9 rings (SSSR count). The van der Waals surface area contributed by atoms with Crippen LogP contribution in [0.1, 0.15) is 149 Å². The molecule has 5 heterocycles. The van der Waals surface area contributed by atoms with Crippen LogP contribution >= 0.6 is 0 Å². The fourth-order valence-electron chi connectivity index (χ4n) is 11.9. The molecule has 7 aromatic rings. The Morgan fingerprint density at radius 1 is 0.686 bits per heavy atom. The van der Waals surface area contributed by atoms with Crippen molar-refractivity contribution < 1.29 is 42.4 Å². The van der Waals surface area contributed by atoms with E-state index >= 15 is 9.18 Å². The Kier molecular flexibility index (Phi) is 22.8. The average molecular weight is 1180 g/mol. The lowest BCUT2D eigenvalue weighted by molar-refractivity contribution is -0.136. The van der Waals surface area contributed by atoms with Crippen LogP contribution in [-0.2, 0) is 29.3 Å². The number of nitrogens with zero attached hydrogens (tertiary/aromatic N) is 6. The van der Waals surface area contributed by atoms with Gasteiger partial charge < -0.3 is 38.6 Å². The lowest BCUT2D eigenvalue weighted by Crippen LogP contribution is -2.42. The second kappa shape index (κ2) is 31.2. The molecule has 0 saturated carbocycles. The minimum absolute atomic E-state index is 0.106. The number of unbranched alkanes of at least 4 members (excludes halogenated alkanes) is 14. The normalized spacial score (nSPS) is 19.4. The highest BCUT2D eigenvalue weighted by Gasteiger charge is 2.50. The summed E-state index contributed by atoms with van der Waals surface area (Å²) in [5.74, 6) is -0.364. The van der Waals surface area contributed by atoms with Gasteiger partial charge in [-0.15, -0.1) is 0 Å². The van der Waals surface area contributed by atoms with E-state index < -0.39 is 59.7 Å². The van der Waals surface area contributed by atoms with Crippen LogP contribution < -0.4 is 26.0 Å². The molecule has 2 aliphatic heterocycles. The molecule has 0 unspecified atom stereocenters. The van der Waals surface area contributed by atoms with E-state index in [9.17, 15) is 14.4 Å². The summed E-state index contributed by atoms with van der Waals surface area (Å²) in [6, 6.07) is 34.6. The van der Waals surface area contributed by atoms with Crippen LogP contribution in [0.15, 0.2) is 144 Å². The number of alkyl halides is 1. The number of methoxy groups -OCH3 is 3. The maximum absolute atomic E-state index is 17.7. The second-order valence-electron chi connectivity index (χ2n) is 22.3. The van der Waals surface area contributed by atoms with Crippen LogP contribution in [0.2, 0.25) is 0 Å². The van der Waals surface area contributed by atoms with Crippen molar-refractivity contribution in [3.05, 3.63) is 184 Å². The van der Waals surface area contributed by atoms with Crippen LogP contribution in [-0.4, -0.2) is 111 Å². The van der Waals surface area contributed by atoms with Gasteiger partial charge >= 0.3 is 5.69 Å². The number of benzene rings is 4. The van der Waals surface area contributed by atoms with E-state index in [0.717, 1.165) is 53.0 Å². The number of H-pyrrole nitrogens is 1. The molecule has 457 valence electrons. The monoisotopic (exact) mass is 1180 g/mol. The number of anilines is 1. The number of aromatic nitrogens is 6. The van der Waals surface area contributed by atoms with E-state index in [0.29, 0.717) is 41.2 Å². The maximum atomic E-state index is 17.7. The van der Waals surface area contributed by atoms with Crippen LogP contribution in [0.3, 0.4) is 0 Å². The predicted octanol–water partition coefficient (Wildman–Crippen LogP) is 11.7. The van der Waals surface area contributed by atoms with Gasteiger partial charge in [0.15, 0.2) is 35.6 Å². The number of carbonyl (C=O) groups excluding carboxylic acids is 2. The standard InChI is InChI=1S/C67H82FN8O10/c1-5-6-7-8-9-10-11-12-13-14-15-16-17-18-25-39-74(43-53-41-55(83-4)64(85-53)76-46-71-60-61(69-45-70-62(60)76)73-63(79)47-26-21-19-22-27-47)58(78)42-54-56(86-65(59(54)68)75-40-38-57(77)72-66(75)80)44-84-67(48-28-23-20-24-29-48,49-30-34-51(81-2)35-31-49)50-32-36-52(82-3)37-33-50/h19-24,26-38,40-41,45-46,53-56,59,64-65H,5-18,25,39,42-44H2,1-4H3,(H,72,77,80)(H,69,70,73,79)/t53-,54-,55-,56-,59-,64+,65-/m1/s1. The molecule has 0 aliphatic carbocycles. The SMILES string of the molecule is CCCCCCCCCCCCCCCCCN(C[C@H]1[CH][C@@H](OC)[C@@H](n2cnc3c(NC(=O)c4ccccc4)ncnc32)O1)C(=O)C[C@H]1[C@@H](F)[C@H](n2ccc(=O)[nH]c2=O)O[C@@H]1COC(c1ccccc1)(c1ccc(OC)cc1)c1ccc(OC)cc1. The van der Waals surface area contributed by atoms with Crippen molar-refractivity contribution in [2.24, 2.45) is 5.92 Å². The molecular weight excluding hydrogens is 1100 g/mol. The zero-order valence-corrected chi connectivity index (χ0v) is 49.9. The topological polar surface area (TPSA) is 203 Å². The number of fused-ring (bicyclic) bond motifs is 1. The van der Waals surface area contributed by atoms with Gasteiger partial charge in [0.05, 0.1) is 39.4 Å². The average Bonchev–Trinajstić information content (AvgIpc) is 1.35. The van der Waals surface area contributed by atoms with Crippen molar-refractivity contribution >= 4 is 28.8 Å². The molecule has 2 saturated heterocycles. The van der Waals surface area contributed by atoms with Gasteiger partial charge in [0.2, 0.25) is 5.91 Å². The summed E-state index contributed by atoms with van der Waals surface area (Å²) < 4.78 is 58.2. The quantitative estimate of drug-likeness (QED) is 0.0291. The molecule has 7 atom stereocenters. The molecule has 18 nitrogen and oxygen atoms in total. The van der Waals surface area contributed by atoms with Crippen molar-refractivity contribution in [3.63, 3.8) is 0 Å². The summed E-state index contributed by atoms with van der Waals surface area (Å²) in [6.45, 7) is 2.48. The van der Waals surface area contributed by atoms with Crippen molar-refractivity contribution in [2.75, 3.05) is 46.3 Å². The largest absolute Gasteiger partial charge is 0.497 e. The number of halogens is 1. The van der Waals surface area contributed by atoms with Gasteiger partial charge in [-0.2, -0.15) is 0 Å². The van der Waals surface area contributed by atoms with Crippen LogP contribution in [0.5, 0.6) is 11.5 Å². The molecule has 2 aliphatic rings. The first-order valence-corrected chi connectivity index (χ1v) is 30.5. The Bertz CT molecular complexity index is 3300. The van der Waals surface area contributed by atoms with Gasteiger partial charge in [0.1, 0.15) is 29.5 Å². The number of hydrogen-bond acceptors (Lipinski definition) is 13. The minimum Gasteiger partial charge on any atom is -0.497 e. The molecule has 4 aromatic carbocycles. The van der Waals surface area contributed by atoms with Crippen molar-refractivity contribution in [1.29, 1.82) is 0 Å². The van der Waals surface area contributed by atoms with E-state index in [1.165, 1.54) is 76.7 Å². The highest BCUT2D eigenvalue weighted by atomic mass is 19.1. The van der Waals surface area contributed by atoms with Gasteiger partial charge in [0, 0.05) is 56.8 Å². The Morgan fingerprint density at radius 2 is 1.27 bits per heavy atom. The predicted molar refractivity (Wildman–Crippen MR) is 327 cm³/mol. The molecule has 0 bridgehead atoms. The van der Waals surface area contributed by atoms with E-state index in [1.807, 2.05) is 91.3 Å². The lowest BCUT2D eigenvalue weighted by Gasteiger charge is -2.37. The third-order valence-corrected chi connectivity index (χ3v) is 16.6. The molecule has 0 spiro atoms. The zero-order chi connectivity index (χ0) is 60.3. The second-order valence-corrected chi connectivity index (χ2v) is 22.3. The Balaban J connectivity index is 0.965. The Labute approximate surface area is 502 Å². The summed E-state index contributed by atoms with van der Waals surface area (Å²) >= 11 is 0. The van der Waals surface area contributed by atoms with Gasteiger partial charge in [-0.3, -0.25) is 28.5 Å². The number of carbonyl (C=O) groups is 2. The number of nitrogens with one attached hydrogen (secondary N) is 2. The first kappa shape index (κ1) is 62.9. The molecule has 2 fully saturated rings. The first-order chi connectivity index (χ1) is 42.0. The van der Waals surface area contributed by atoms with Gasteiger partial charge in [-0.1, -0.05) is 170 Å². The number of amides is 2. The van der Waals surface area contributed by atoms with Gasteiger partial charge in [0.25, 0.3) is 11.5 Å². The van der Waals surface area contributed by atoms with E-state index in [2.05, 4.69) is 32.2 Å². The zero-order valence-electron chi connectivity index (χ0n) is 49.9. The molecule has 2 N–H and O–H groups in total. The summed E-state index contributed by atoms with van der Waals surface area (Å²) in [5.41, 5.74) is 0.568. The van der Waals surface area contributed by atoms with Crippen LogP contribution in [0.25, 0.3) is 11.2 Å². The molecule has 3 aromatic heterocycles. The molecular formula is C67H82FN8O10. The summed E-state index contributed by atoms with van der Waals surface area (Å²) in [7, 11) is 4.76. The van der Waals surface area contributed by atoms with Crippen molar-refractivity contribution in [1.82, 2.24) is 34.0 Å².